The largest absolute Gasteiger partial charge is 0.398 e. The summed E-state index contributed by atoms with van der Waals surface area (Å²) in [5.74, 6) is 0.654. The van der Waals surface area contributed by atoms with Crippen molar-refractivity contribution in [3.05, 3.63) is 28.2 Å². The van der Waals surface area contributed by atoms with Crippen molar-refractivity contribution in [1.82, 2.24) is 5.32 Å². The van der Waals surface area contributed by atoms with Crippen molar-refractivity contribution in [3.8, 4) is 0 Å². The Balaban J connectivity index is 2.05. The highest BCUT2D eigenvalue weighted by molar-refractivity contribution is 9.10. The van der Waals surface area contributed by atoms with Crippen LogP contribution < -0.4 is 11.1 Å². The maximum absolute atomic E-state index is 11.9. The fraction of sp³-hybridized carbons (Fsp3) is 0.417. The Morgan fingerprint density at radius 2 is 2.19 bits per heavy atom. The third-order valence-corrected chi connectivity index (χ3v) is 3.46. The molecule has 1 aromatic rings. The molecular weight excluding hydrogens is 268 g/mol. The number of benzene rings is 1. The molecule has 16 heavy (non-hydrogen) atoms. The normalized spacial score (nSPS) is 23.6. The summed E-state index contributed by atoms with van der Waals surface area (Å²) < 4.78 is 0.869. The molecule has 4 heteroatoms. The SMILES string of the molecule is CC1CC(NC(=O)c2cc(Br)ccc2N)C1. The van der Waals surface area contributed by atoms with Crippen LogP contribution in [0.5, 0.6) is 0 Å². The predicted octanol–water partition coefficient (Wildman–Crippen LogP) is 2.56. The van der Waals surface area contributed by atoms with E-state index in [-0.39, 0.29) is 5.91 Å². The summed E-state index contributed by atoms with van der Waals surface area (Å²) in [6.07, 6.45) is 2.14. The molecule has 0 aromatic heterocycles. The summed E-state index contributed by atoms with van der Waals surface area (Å²) in [6, 6.07) is 5.65. The number of nitrogens with one attached hydrogen (secondary N) is 1. The van der Waals surface area contributed by atoms with E-state index in [4.69, 9.17) is 5.73 Å². The number of nitrogen functional groups attached to an aromatic ring is 1. The molecule has 1 amide bonds. The Labute approximate surface area is 104 Å². The second-order valence-corrected chi connectivity index (χ2v) is 5.39. The lowest BCUT2D eigenvalue weighted by atomic mass is 9.82. The van der Waals surface area contributed by atoms with Gasteiger partial charge in [0.1, 0.15) is 0 Å². The van der Waals surface area contributed by atoms with Gasteiger partial charge in [-0.15, -0.1) is 0 Å². The van der Waals surface area contributed by atoms with Crippen LogP contribution >= 0.6 is 15.9 Å². The molecule has 3 N–H and O–H groups in total. The maximum Gasteiger partial charge on any atom is 0.253 e. The smallest absolute Gasteiger partial charge is 0.253 e. The first-order valence-corrected chi connectivity index (χ1v) is 6.21. The Morgan fingerprint density at radius 3 is 2.81 bits per heavy atom. The first-order valence-electron chi connectivity index (χ1n) is 5.42. The summed E-state index contributed by atoms with van der Waals surface area (Å²) in [4.78, 5) is 11.9. The lowest BCUT2D eigenvalue weighted by molar-refractivity contribution is 0.0897. The lowest BCUT2D eigenvalue weighted by Crippen LogP contribution is -2.43. The van der Waals surface area contributed by atoms with Crippen LogP contribution in [0.2, 0.25) is 0 Å². The first kappa shape index (κ1) is 11.5. The number of hydrogen-bond donors (Lipinski definition) is 2. The topological polar surface area (TPSA) is 55.1 Å². The van der Waals surface area contributed by atoms with E-state index in [1.165, 1.54) is 0 Å². The van der Waals surface area contributed by atoms with Crippen LogP contribution in [0.25, 0.3) is 0 Å². The van der Waals surface area contributed by atoms with E-state index in [0.29, 0.717) is 17.3 Å². The molecule has 0 heterocycles. The number of nitrogens with two attached hydrogens (primary N) is 1. The van der Waals surface area contributed by atoms with Gasteiger partial charge < -0.3 is 11.1 Å². The summed E-state index contributed by atoms with van der Waals surface area (Å²) >= 11 is 3.34. The minimum absolute atomic E-state index is 0.0734. The number of hydrogen-bond acceptors (Lipinski definition) is 2. The number of amides is 1. The van der Waals surface area contributed by atoms with Crippen molar-refractivity contribution >= 4 is 27.5 Å². The van der Waals surface area contributed by atoms with Gasteiger partial charge in [0.25, 0.3) is 5.91 Å². The summed E-state index contributed by atoms with van der Waals surface area (Å²) in [5, 5.41) is 2.99. The molecule has 0 radical (unpaired) electrons. The number of carbonyl (C=O) groups is 1. The molecule has 86 valence electrons. The standard InChI is InChI=1S/C12H15BrN2O/c1-7-4-9(5-7)15-12(16)10-6-8(13)2-3-11(10)14/h2-3,6-7,9H,4-5,14H2,1H3,(H,15,16). The zero-order valence-corrected chi connectivity index (χ0v) is 10.8. The van der Waals surface area contributed by atoms with Crippen LogP contribution in [0.4, 0.5) is 5.69 Å². The van der Waals surface area contributed by atoms with Gasteiger partial charge in [-0.2, -0.15) is 0 Å². The molecule has 2 rings (SSSR count). The molecule has 1 saturated carbocycles. The van der Waals surface area contributed by atoms with Crippen molar-refractivity contribution in [2.75, 3.05) is 5.73 Å². The van der Waals surface area contributed by atoms with Crippen molar-refractivity contribution < 1.29 is 4.79 Å². The van der Waals surface area contributed by atoms with E-state index < -0.39 is 0 Å². The van der Waals surface area contributed by atoms with E-state index >= 15 is 0 Å². The van der Waals surface area contributed by atoms with Gasteiger partial charge in [-0.25, -0.2) is 0 Å². The van der Waals surface area contributed by atoms with Crippen molar-refractivity contribution in [1.29, 1.82) is 0 Å². The molecule has 1 aromatic carbocycles. The Hall–Kier alpha value is -1.03. The fourth-order valence-electron chi connectivity index (χ4n) is 2.01. The Bertz CT molecular complexity index is 413. The molecule has 0 atom stereocenters. The lowest BCUT2D eigenvalue weighted by Gasteiger charge is -2.33. The quantitative estimate of drug-likeness (QED) is 0.820. The van der Waals surface area contributed by atoms with Crippen LogP contribution in [-0.4, -0.2) is 11.9 Å². The second kappa shape index (κ2) is 4.45. The van der Waals surface area contributed by atoms with E-state index in [0.717, 1.165) is 23.2 Å². The molecule has 0 unspecified atom stereocenters. The van der Waals surface area contributed by atoms with E-state index in [2.05, 4.69) is 28.2 Å². The molecule has 1 aliphatic rings. The van der Waals surface area contributed by atoms with Gasteiger partial charge in [-0.1, -0.05) is 22.9 Å². The molecule has 0 bridgehead atoms. The summed E-state index contributed by atoms with van der Waals surface area (Å²) in [7, 11) is 0. The maximum atomic E-state index is 11.9. The van der Waals surface area contributed by atoms with E-state index in [1.807, 2.05) is 6.07 Å². The average Bonchev–Trinajstić information content (AvgIpc) is 2.19. The van der Waals surface area contributed by atoms with Gasteiger partial charge in [0, 0.05) is 16.2 Å². The third kappa shape index (κ3) is 2.38. The van der Waals surface area contributed by atoms with Crippen molar-refractivity contribution in [2.45, 2.75) is 25.8 Å². The van der Waals surface area contributed by atoms with Gasteiger partial charge >= 0.3 is 0 Å². The van der Waals surface area contributed by atoms with Crippen LogP contribution in [0, 0.1) is 5.92 Å². The Morgan fingerprint density at radius 1 is 1.50 bits per heavy atom. The average molecular weight is 283 g/mol. The van der Waals surface area contributed by atoms with Crippen molar-refractivity contribution in [2.24, 2.45) is 5.92 Å². The second-order valence-electron chi connectivity index (χ2n) is 4.48. The van der Waals surface area contributed by atoms with Gasteiger partial charge in [0.2, 0.25) is 0 Å². The third-order valence-electron chi connectivity index (χ3n) is 2.97. The van der Waals surface area contributed by atoms with Gasteiger partial charge in [0.15, 0.2) is 0 Å². The van der Waals surface area contributed by atoms with Gasteiger partial charge in [-0.3, -0.25) is 4.79 Å². The van der Waals surface area contributed by atoms with E-state index in [9.17, 15) is 4.79 Å². The molecule has 1 fully saturated rings. The summed E-state index contributed by atoms with van der Waals surface area (Å²) in [6.45, 7) is 2.19. The summed E-state index contributed by atoms with van der Waals surface area (Å²) in [5.41, 5.74) is 6.84. The van der Waals surface area contributed by atoms with Gasteiger partial charge in [0.05, 0.1) is 5.56 Å². The molecule has 0 aliphatic heterocycles. The Kier molecular flexibility index (Phi) is 3.19. The minimum atomic E-state index is -0.0734. The highest BCUT2D eigenvalue weighted by atomic mass is 79.9. The molecule has 0 saturated heterocycles. The van der Waals surface area contributed by atoms with Gasteiger partial charge in [-0.05, 0) is 37.0 Å². The van der Waals surface area contributed by atoms with Crippen LogP contribution in [0.1, 0.15) is 30.1 Å². The number of anilines is 1. The molecule has 0 spiro atoms. The van der Waals surface area contributed by atoms with Crippen LogP contribution in [-0.2, 0) is 0 Å². The van der Waals surface area contributed by atoms with Crippen LogP contribution in [0.3, 0.4) is 0 Å². The zero-order chi connectivity index (χ0) is 11.7. The van der Waals surface area contributed by atoms with Crippen molar-refractivity contribution in [3.63, 3.8) is 0 Å². The zero-order valence-electron chi connectivity index (χ0n) is 9.16. The molecule has 3 nitrogen and oxygen atoms in total. The first-order chi connectivity index (χ1) is 7.56. The highest BCUT2D eigenvalue weighted by Gasteiger charge is 2.27. The number of halogens is 1. The highest BCUT2D eigenvalue weighted by Crippen LogP contribution is 2.27. The minimum Gasteiger partial charge on any atom is -0.398 e. The molecule has 1 aliphatic carbocycles. The number of carbonyl (C=O) groups excluding carboxylic acids is 1. The molecular formula is C12H15BrN2O. The van der Waals surface area contributed by atoms with Crippen LogP contribution in [0.15, 0.2) is 22.7 Å². The predicted molar refractivity (Wildman–Crippen MR) is 68.2 cm³/mol. The fourth-order valence-corrected chi connectivity index (χ4v) is 2.37. The monoisotopic (exact) mass is 282 g/mol. The number of rotatable bonds is 2. The van der Waals surface area contributed by atoms with E-state index in [1.54, 1.807) is 12.1 Å².